The van der Waals surface area contributed by atoms with Gasteiger partial charge in [-0.15, -0.1) is 5.10 Å². The molecule has 0 radical (unpaired) electrons. The van der Waals surface area contributed by atoms with E-state index in [1.807, 2.05) is 0 Å². The summed E-state index contributed by atoms with van der Waals surface area (Å²) in [5.41, 5.74) is 13.4. The molecule has 1 rings (SSSR count). The third-order valence-corrected chi connectivity index (χ3v) is 2.67. The summed E-state index contributed by atoms with van der Waals surface area (Å²) in [5.74, 6) is 1.09. The molecule has 8 heteroatoms. The van der Waals surface area contributed by atoms with Gasteiger partial charge in [-0.2, -0.15) is 0 Å². The van der Waals surface area contributed by atoms with Crippen molar-refractivity contribution in [3.8, 4) is 17.2 Å². The van der Waals surface area contributed by atoms with Crippen LogP contribution in [0.15, 0.2) is 17.2 Å². The zero-order chi connectivity index (χ0) is 15.8. The first-order valence-corrected chi connectivity index (χ1v) is 6.18. The molecule has 21 heavy (non-hydrogen) atoms. The van der Waals surface area contributed by atoms with Crippen LogP contribution in [0.3, 0.4) is 0 Å². The number of carbonyl (C=O) groups excluding carboxylic acids is 1. The summed E-state index contributed by atoms with van der Waals surface area (Å²) >= 11 is 0. The van der Waals surface area contributed by atoms with Crippen LogP contribution in [-0.2, 0) is 11.2 Å². The summed E-state index contributed by atoms with van der Waals surface area (Å²) in [7, 11) is 4.60. The minimum atomic E-state index is -0.294. The predicted octanol–water partition coefficient (Wildman–Crippen LogP) is -0.0504. The molecule has 0 fully saturated rings. The molecular weight excluding hydrogens is 276 g/mol. The van der Waals surface area contributed by atoms with Crippen LogP contribution in [0.1, 0.15) is 12.0 Å². The number of nitrogens with one attached hydrogen (secondary N) is 1. The average Bonchev–Trinajstić information content (AvgIpc) is 2.49. The fraction of sp³-hybridized carbons (Fsp3) is 0.385. The Bertz CT molecular complexity index is 502. The molecule has 1 amide bonds. The normalized spacial score (nSPS) is 9.67. The number of guanidine groups is 1. The lowest BCUT2D eigenvalue weighted by atomic mass is 10.1. The monoisotopic (exact) mass is 296 g/mol. The van der Waals surface area contributed by atoms with E-state index in [9.17, 15) is 4.79 Å². The Morgan fingerprint density at radius 3 is 2.14 bits per heavy atom. The van der Waals surface area contributed by atoms with Crippen LogP contribution in [0.4, 0.5) is 0 Å². The van der Waals surface area contributed by atoms with Crippen molar-refractivity contribution >= 4 is 11.9 Å². The molecule has 0 spiro atoms. The van der Waals surface area contributed by atoms with Gasteiger partial charge in [0, 0.05) is 6.42 Å². The molecule has 0 atom stereocenters. The van der Waals surface area contributed by atoms with E-state index in [1.54, 1.807) is 12.1 Å². The Morgan fingerprint density at radius 1 is 1.14 bits per heavy atom. The molecule has 1 aromatic carbocycles. The molecule has 8 nitrogen and oxygen atoms in total. The third kappa shape index (κ3) is 4.75. The smallest absolute Gasteiger partial charge is 0.240 e. The molecule has 0 saturated carbocycles. The molecule has 0 aliphatic carbocycles. The summed E-state index contributed by atoms with van der Waals surface area (Å²) in [6.07, 6.45) is 0.692. The zero-order valence-electron chi connectivity index (χ0n) is 12.3. The lowest BCUT2D eigenvalue weighted by Gasteiger charge is -2.13. The zero-order valence-corrected chi connectivity index (χ0v) is 12.3. The van der Waals surface area contributed by atoms with Gasteiger partial charge >= 0.3 is 0 Å². The quantitative estimate of drug-likeness (QED) is 0.368. The molecule has 5 N–H and O–H groups in total. The van der Waals surface area contributed by atoms with Gasteiger partial charge in [0.1, 0.15) is 0 Å². The molecule has 116 valence electrons. The van der Waals surface area contributed by atoms with E-state index >= 15 is 0 Å². The predicted molar refractivity (Wildman–Crippen MR) is 78.4 cm³/mol. The van der Waals surface area contributed by atoms with E-state index in [0.717, 1.165) is 5.56 Å². The number of methoxy groups -OCH3 is 3. The average molecular weight is 296 g/mol. The number of ether oxygens (including phenoxy) is 3. The fourth-order valence-corrected chi connectivity index (χ4v) is 1.72. The first-order valence-electron chi connectivity index (χ1n) is 6.18. The Labute approximate surface area is 123 Å². The van der Waals surface area contributed by atoms with E-state index in [0.29, 0.717) is 23.7 Å². The van der Waals surface area contributed by atoms with Crippen molar-refractivity contribution < 1.29 is 19.0 Å². The van der Waals surface area contributed by atoms with Gasteiger partial charge in [-0.1, -0.05) is 0 Å². The highest BCUT2D eigenvalue weighted by molar-refractivity contribution is 5.80. The standard InChI is InChI=1S/C13H20N4O4/c1-19-9-6-8(7-10(20-2)12(9)21-3)4-5-11(18)16-17-13(14)15/h6-7H,4-5H2,1-3H3,(H,16,18)(H4,14,15,17). The van der Waals surface area contributed by atoms with Crippen molar-refractivity contribution in [2.75, 3.05) is 21.3 Å². The third-order valence-electron chi connectivity index (χ3n) is 2.67. The van der Waals surface area contributed by atoms with E-state index in [4.69, 9.17) is 25.7 Å². The van der Waals surface area contributed by atoms with Crippen molar-refractivity contribution in [2.24, 2.45) is 16.6 Å². The van der Waals surface area contributed by atoms with Crippen LogP contribution in [0.5, 0.6) is 17.2 Å². The van der Waals surface area contributed by atoms with Gasteiger partial charge in [-0.3, -0.25) is 4.79 Å². The second-order valence-electron chi connectivity index (χ2n) is 4.11. The van der Waals surface area contributed by atoms with Gasteiger partial charge in [0.05, 0.1) is 21.3 Å². The Balaban J connectivity index is 2.80. The van der Waals surface area contributed by atoms with Crippen LogP contribution >= 0.6 is 0 Å². The topological polar surface area (TPSA) is 121 Å². The SMILES string of the molecule is COc1cc(CCC(=O)NN=C(N)N)cc(OC)c1OC. The van der Waals surface area contributed by atoms with Crippen molar-refractivity contribution in [3.05, 3.63) is 17.7 Å². The minimum absolute atomic E-state index is 0.198. The van der Waals surface area contributed by atoms with Gasteiger partial charge in [-0.25, -0.2) is 5.43 Å². The summed E-state index contributed by atoms with van der Waals surface area (Å²) in [5, 5.41) is 3.43. The number of rotatable bonds is 7. The Morgan fingerprint density at radius 2 is 1.71 bits per heavy atom. The molecule has 0 bridgehead atoms. The number of nitrogens with two attached hydrogens (primary N) is 2. The maximum absolute atomic E-state index is 11.5. The maximum Gasteiger partial charge on any atom is 0.240 e. The number of hydrogen-bond acceptors (Lipinski definition) is 5. The number of hydrazone groups is 1. The maximum atomic E-state index is 11.5. The molecular formula is C13H20N4O4. The van der Waals surface area contributed by atoms with Crippen LogP contribution in [0.25, 0.3) is 0 Å². The lowest BCUT2D eigenvalue weighted by molar-refractivity contribution is -0.121. The van der Waals surface area contributed by atoms with E-state index in [1.165, 1.54) is 21.3 Å². The van der Waals surface area contributed by atoms with Crippen LogP contribution in [-0.4, -0.2) is 33.2 Å². The molecule has 0 aromatic heterocycles. The highest BCUT2D eigenvalue weighted by Gasteiger charge is 2.13. The second-order valence-corrected chi connectivity index (χ2v) is 4.11. The van der Waals surface area contributed by atoms with Gasteiger partial charge < -0.3 is 25.7 Å². The number of aryl methyl sites for hydroxylation is 1. The summed E-state index contributed by atoms with van der Waals surface area (Å²) in [4.78, 5) is 11.5. The number of carbonyl (C=O) groups is 1. The highest BCUT2D eigenvalue weighted by Crippen LogP contribution is 2.38. The lowest BCUT2D eigenvalue weighted by Crippen LogP contribution is -2.29. The first-order chi connectivity index (χ1) is 10.0. The van der Waals surface area contributed by atoms with E-state index < -0.39 is 0 Å². The number of amides is 1. The van der Waals surface area contributed by atoms with Crippen LogP contribution in [0, 0.1) is 0 Å². The molecule has 0 heterocycles. The minimum Gasteiger partial charge on any atom is -0.493 e. The molecule has 0 aliphatic heterocycles. The molecule has 0 saturated heterocycles. The van der Waals surface area contributed by atoms with Crippen LogP contribution in [0.2, 0.25) is 0 Å². The largest absolute Gasteiger partial charge is 0.493 e. The Kier molecular flexibility index (Phi) is 6.12. The summed E-state index contributed by atoms with van der Waals surface area (Å²) in [6.45, 7) is 0. The van der Waals surface area contributed by atoms with Gasteiger partial charge in [0.15, 0.2) is 11.5 Å². The van der Waals surface area contributed by atoms with E-state index in [-0.39, 0.29) is 18.3 Å². The summed E-state index contributed by atoms with van der Waals surface area (Å²) < 4.78 is 15.7. The van der Waals surface area contributed by atoms with E-state index in [2.05, 4.69) is 10.5 Å². The number of hydrogen-bond donors (Lipinski definition) is 3. The van der Waals surface area contributed by atoms with Gasteiger partial charge in [-0.05, 0) is 24.1 Å². The first kappa shape index (κ1) is 16.4. The number of benzene rings is 1. The Hall–Kier alpha value is -2.64. The van der Waals surface area contributed by atoms with Crippen molar-refractivity contribution in [3.63, 3.8) is 0 Å². The van der Waals surface area contributed by atoms with Crippen molar-refractivity contribution in [1.29, 1.82) is 0 Å². The molecule has 1 aromatic rings. The molecule has 0 unspecified atom stereocenters. The molecule has 0 aliphatic rings. The van der Waals surface area contributed by atoms with Gasteiger partial charge in [0.2, 0.25) is 17.6 Å². The van der Waals surface area contributed by atoms with Crippen molar-refractivity contribution in [1.82, 2.24) is 5.43 Å². The van der Waals surface area contributed by atoms with Crippen LogP contribution < -0.4 is 31.1 Å². The second kappa shape index (κ2) is 7.83. The highest BCUT2D eigenvalue weighted by atomic mass is 16.5. The van der Waals surface area contributed by atoms with Crippen molar-refractivity contribution in [2.45, 2.75) is 12.8 Å². The van der Waals surface area contributed by atoms with Gasteiger partial charge in [0.25, 0.3) is 0 Å². The summed E-state index contributed by atoms with van der Waals surface area (Å²) in [6, 6.07) is 3.57. The fourth-order valence-electron chi connectivity index (χ4n) is 1.72. The number of nitrogens with zero attached hydrogens (tertiary/aromatic N) is 1.